The molecule has 1 heterocycles. The SMILES string of the molecule is [CH-]=CC1CNCCC1[CH2-].[Y]. The van der Waals surface area contributed by atoms with E-state index in [4.69, 9.17) is 6.58 Å². The Morgan fingerprint density at radius 2 is 2.30 bits per heavy atom. The molecule has 0 aromatic carbocycles. The minimum Gasteiger partial charge on any atom is -0.518 e. The summed E-state index contributed by atoms with van der Waals surface area (Å²) in [5.74, 6) is 1.01. The van der Waals surface area contributed by atoms with E-state index in [0.29, 0.717) is 11.8 Å². The zero-order chi connectivity index (χ0) is 6.69. The summed E-state index contributed by atoms with van der Waals surface area (Å²) in [5.41, 5.74) is 0. The molecule has 0 aromatic heterocycles. The molecule has 0 spiro atoms. The van der Waals surface area contributed by atoms with Crippen LogP contribution in [0.5, 0.6) is 0 Å². The van der Waals surface area contributed by atoms with E-state index in [-0.39, 0.29) is 32.7 Å². The molecule has 2 heteroatoms. The molecule has 1 fully saturated rings. The van der Waals surface area contributed by atoms with E-state index in [1.807, 2.05) is 0 Å². The van der Waals surface area contributed by atoms with E-state index < -0.39 is 0 Å². The van der Waals surface area contributed by atoms with Crippen LogP contribution in [0, 0.1) is 25.3 Å². The molecule has 10 heavy (non-hydrogen) atoms. The topological polar surface area (TPSA) is 12.0 Å². The Kier molecular flexibility index (Phi) is 5.89. The molecule has 1 aliphatic heterocycles. The second-order valence-electron chi connectivity index (χ2n) is 2.61. The van der Waals surface area contributed by atoms with Gasteiger partial charge < -0.3 is 18.8 Å². The summed E-state index contributed by atoms with van der Waals surface area (Å²) in [6, 6.07) is 0. The maximum Gasteiger partial charge on any atom is 0 e. The summed E-state index contributed by atoms with van der Waals surface area (Å²) in [4.78, 5) is 0. The molecule has 2 atom stereocenters. The first-order valence-electron chi connectivity index (χ1n) is 3.43. The fourth-order valence-electron chi connectivity index (χ4n) is 1.16. The molecule has 1 rings (SSSR count). The zero-order valence-corrected chi connectivity index (χ0v) is 9.05. The first kappa shape index (κ1) is 10.8. The molecule has 55 valence electrons. The number of rotatable bonds is 1. The second-order valence-corrected chi connectivity index (χ2v) is 2.61. The normalized spacial score (nSPS) is 32.5. The van der Waals surface area contributed by atoms with E-state index in [9.17, 15) is 0 Å². The Morgan fingerprint density at radius 3 is 2.70 bits per heavy atom. The van der Waals surface area contributed by atoms with Gasteiger partial charge in [-0.1, -0.05) is 12.3 Å². The largest absolute Gasteiger partial charge is 0.518 e. The molecule has 0 aromatic rings. The van der Waals surface area contributed by atoms with Gasteiger partial charge in [0.05, 0.1) is 0 Å². The van der Waals surface area contributed by atoms with Crippen molar-refractivity contribution in [2.24, 2.45) is 11.8 Å². The van der Waals surface area contributed by atoms with Gasteiger partial charge in [-0.3, -0.25) is 6.08 Å². The van der Waals surface area contributed by atoms with Gasteiger partial charge in [0, 0.05) is 32.7 Å². The van der Waals surface area contributed by atoms with Crippen LogP contribution >= 0.6 is 0 Å². The zero-order valence-electron chi connectivity index (χ0n) is 6.22. The quantitative estimate of drug-likeness (QED) is 0.640. The van der Waals surface area contributed by atoms with Crippen molar-refractivity contribution in [2.45, 2.75) is 6.42 Å². The Bertz CT molecular complexity index is 103. The van der Waals surface area contributed by atoms with Gasteiger partial charge in [-0.05, 0) is 13.1 Å². The fourth-order valence-corrected chi connectivity index (χ4v) is 1.16. The van der Waals surface area contributed by atoms with Crippen LogP contribution in [0.4, 0.5) is 0 Å². The van der Waals surface area contributed by atoms with Crippen molar-refractivity contribution in [3.05, 3.63) is 19.6 Å². The van der Waals surface area contributed by atoms with Gasteiger partial charge in [0.15, 0.2) is 0 Å². The maximum absolute atomic E-state index is 5.39. The summed E-state index contributed by atoms with van der Waals surface area (Å²) in [6.07, 6.45) is 2.90. The molecule has 2 unspecified atom stereocenters. The molecular weight excluding hydrogens is 199 g/mol. The van der Waals surface area contributed by atoms with Gasteiger partial charge in [0.2, 0.25) is 0 Å². The number of piperidine rings is 1. The molecule has 0 amide bonds. The molecule has 1 aliphatic rings. The van der Waals surface area contributed by atoms with Gasteiger partial charge in [0.25, 0.3) is 0 Å². The predicted molar refractivity (Wildman–Crippen MR) is 38.7 cm³/mol. The molecule has 1 N–H and O–H groups in total. The van der Waals surface area contributed by atoms with Crippen LogP contribution in [-0.2, 0) is 32.7 Å². The van der Waals surface area contributed by atoms with Crippen LogP contribution < -0.4 is 5.32 Å². The number of hydrogen-bond acceptors (Lipinski definition) is 1. The van der Waals surface area contributed by atoms with Crippen LogP contribution in [0.3, 0.4) is 0 Å². The van der Waals surface area contributed by atoms with Gasteiger partial charge >= 0.3 is 0 Å². The van der Waals surface area contributed by atoms with Gasteiger partial charge in [0.1, 0.15) is 0 Å². The molecule has 1 nitrogen and oxygen atoms in total. The van der Waals surface area contributed by atoms with E-state index >= 15 is 0 Å². The van der Waals surface area contributed by atoms with Crippen LogP contribution in [-0.4, -0.2) is 13.1 Å². The van der Waals surface area contributed by atoms with E-state index in [1.54, 1.807) is 6.08 Å². The molecular formula is C8H13NY-2. The van der Waals surface area contributed by atoms with Crippen LogP contribution in [0.15, 0.2) is 6.08 Å². The number of hydrogen-bond donors (Lipinski definition) is 1. The smallest absolute Gasteiger partial charge is 0 e. The van der Waals surface area contributed by atoms with Crippen LogP contribution in [0.2, 0.25) is 0 Å². The second kappa shape index (κ2) is 5.45. The third-order valence-corrected chi connectivity index (χ3v) is 1.92. The molecule has 1 saturated heterocycles. The monoisotopic (exact) mass is 212 g/mol. The van der Waals surface area contributed by atoms with E-state index in [1.165, 1.54) is 0 Å². The molecule has 0 bridgehead atoms. The van der Waals surface area contributed by atoms with Gasteiger partial charge in [-0.25, -0.2) is 0 Å². The summed E-state index contributed by atoms with van der Waals surface area (Å²) in [6.45, 7) is 11.5. The van der Waals surface area contributed by atoms with E-state index in [2.05, 4.69) is 12.2 Å². The summed E-state index contributed by atoms with van der Waals surface area (Å²) in [5, 5.41) is 3.26. The number of nitrogens with one attached hydrogen (secondary N) is 1. The Balaban J connectivity index is 0.000000810. The minimum atomic E-state index is 0. The Hall–Kier alpha value is 0.804. The van der Waals surface area contributed by atoms with Crippen molar-refractivity contribution < 1.29 is 32.7 Å². The maximum atomic E-state index is 5.39. The van der Waals surface area contributed by atoms with Gasteiger partial charge in [-0.2, -0.15) is 5.92 Å². The van der Waals surface area contributed by atoms with Crippen molar-refractivity contribution in [1.82, 2.24) is 5.32 Å². The van der Waals surface area contributed by atoms with Crippen LogP contribution in [0.1, 0.15) is 6.42 Å². The Labute approximate surface area is 88.5 Å². The molecule has 1 radical (unpaired) electrons. The standard InChI is InChI=1S/C8H13N.Y/c1-3-8-6-9-5-4-7(8)2;/h1,3,7-9H,2,4-6H2;/q-2;. The summed E-state index contributed by atoms with van der Waals surface area (Å²) in [7, 11) is 0. The third-order valence-electron chi connectivity index (χ3n) is 1.92. The van der Waals surface area contributed by atoms with Crippen molar-refractivity contribution in [1.29, 1.82) is 0 Å². The van der Waals surface area contributed by atoms with Crippen molar-refractivity contribution in [2.75, 3.05) is 13.1 Å². The summed E-state index contributed by atoms with van der Waals surface area (Å²) >= 11 is 0. The fraction of sp³-hybridized carbons (Fsp3) is 0.625. The van der Waals surface area contributed by atoms with Crippen LogP contribution in [0.25, 0.3) is 0 Å². The average molecular weight is 212 g/mol. The first-order valence-corrected chi connectivity index (χ1v) is 3.43. The third kappa shape index (κ3) is 2.81. The van der Waals surface area contributed by atoms with Gasteiger partial charge in [-0.15, -0.1) is 0 Å². The molecule has 0 aliphatic carbocycles. The van der Waals surface area contributed by atoms with Crippen molar-refractivity contribution in [3.63, 3.8) is 0 Å². The predicted octanol–water partition coefficient (Wildman–Crippen LogP) is 1.03. The Morgan fingerprint density at radius 1 is 1.60 bits per heavy atom. The van der Waals surface area contributed by atoms with Crippen molar-refractivity contribution in [3.8, 4) is 0 Å². The van der Waals surface area contributed by atoms with E-state index in [0.717, 1.165) is 19.5 Å². The minimum absolute atomic E-state index is 0. The summed E-state index contributed by atoms with van der Waals surface area (Å²) < 4.78 is 0. The first-order chi connectivity index (χ1) is 4.34. The average Bonchev–Trinajstić information content (AvgIpc) is 1.89. The van der Waals surface area contributed by atoms with Crippen molar-refractivity contribution >= 4 is 0 Å². The molecule has 0 saturated carbocycles.